The molecule has 0 saturated heterocycles. The number of hydrogen-bond acceptors (Lipinski definition) is 1. The van der Waals surface area contributed by atoms with Crippen LogP contribution in [0.4, 0.5) is 17.6 Å². The zero-order valence-electron chi connectivity index (χ0n) is 14.9. The van der Waals surface area contributed by atoms with Gasteiger partial charge < -0.3 is 0 Å². The second kappa shape index (κ2) is 8.30. The molecule has 0 amide bonds. The van der Waals surface area contributed by atoms with Crippen molar-refractivity contribution in [3.05, 3.63) is 64.2 Å². The number of unbranched alkanes of at least 4 members (excludes halogenated alkanes) is 1. The molecule has 0 aromatic heterocycles. The van der Waals surface area contributed by atoms with E-state index in [4.69, 9.17) is 0 Å². The summed E-state index contributed by atoms with van der Waals surface area (Å²) in [6.45, 7) is 4.90. The molecule has 0 aliphatic heterocycles. The van der Waals surface area contributed by atoms with Gasteiger partial charge in [-0.15, -0.1) is 0 Å². The lowest BCUT2D eigenvalue weighted by Crippen LogP contribution is -2.01. The van der Waals surface area contributed by atoms with Crippen LogP contribution in [0.3, 0.4) is 0 Å². The van der Waals surface area contributed by atoms with E-state index in [1.165, 1.54) is 19.1 Å². The van der Waals surface area contributed by atoms with Crippen LogP contribution in [0.2, 0.25) is 0 Å². The molecule has 2 rings (SSSR count). The normalized spacial score (nSPS) is 11.7. The number of benzene rings is 2. The van der Waals surface area contributed by atoms with E-state index in [2.05, 4.69) is 0 Å². The number of rotatable bonds is 6. The Hall–Kier alpha value is -2.43. The van der Waals surface area contributed by atoms with Gasteiger partial charge in [0.2, 0.25) is 0 Å². The first-order valence-electron chi connectivity index (χ1n) is 8.41. The Kier molecular flexibility index (Phi) is 6.35. The van der Waals surface area contributed by atoms with E-state index >= 15 is 0 Å². The Morgan fingerprint density at radius 1 is 1.04 bits per heavy atom. The molecule has 5 heteroatoms. The molecule has 0 spiro atoms. The molecule has 0 aliphatic rings. The molecule has 0 fully saturated rings. The zero-order valence-corrected chi connectivity index (χ0v) is 14.9. The van der Waals surface area contributed by atoms with Crippen molar-refractivity contribution in [3.8, 4) is 11.1 Å². The number of allylic oxidation sites excluding steroid dienone is 1. The van der Waals surface area contributed by atoms with Crippen molar-refractivity contribution in [1.29, 1.82) is 0 Å². The van der Waals surface area contributed by atoms with Gasteiger partial charge in [-0.25, -0.2) is 17.6 Å². The summed E-state index contributed by atoms with van der Waals surface area (Å²) in [5, 5.41) is 0. The highest BCUT2D eigenvalue weighted by atomic mass is 19.2. The van der Waals surface area contributed by atoms with Crippen molar-refractivity contribution < 1.29 is 22.4 Å². The van der Waals surface area contributed by atoms with E-state index in [1.807, 2.05) is 6.92 Å². The Bertz CT molecular complexity index is 869. The van der Waals surface area contributed by atoms with E-state index in [9.17, 15) is 22.4 Å². The summed E-state index contributed by atoms with van der Waals surface area (Å²) in [6.07, 6.45) is 3.42. The molecule has 138 valence electrons. The summed E-state index contributed by atoms with van der Waals surface area (Å²) in [5.74, 6) is -4.48. The second-order valence-electron chi connectivity index (χ2n) is 6.22. The molecule has 0 heterocycles. The summed E-state index contributed by atoms with van der Waals surface area (Å²) < 4.78 is 55.2. The Morgan fingerprint density at radius 3 is 2.31 bits per heavy atom. The second-order valence-corrected chi connectivity index (χ2v) is 6.22. The quantitative estimate of drug-likeness (QED) is 0.429. The van der Waals surface area contributed by atoms with Gasteiger partial charge in [0.25, 0.3) is 0 Å². The average molecular weight is 364 g/mol. The van der Waals surface area contributed by atoms with Crippen LogP contribution in [0, 0.1) is 30.2 Å². The molecule has 1 nitrogen and oxygen atoms in total. The van der Waals surface area contributed by atoms with E-state index in [-0.39, 0.29) is 22.5 Å². The Morgan fingerprint density at radius 2 is 1.73 bits per heavy atom. The van der Waals surface area contributed by atoms with Crippen molar-refractivity contribution in [3.63, 3.8) is 0 Å². The number of ketones is 1. The van der Waals surface area contributed by atoms with Crippen molar-refractivity contribution in [2.24, 2.45) is 0 Å². The molecule has 0 radical (unpaired) electrons. The topological polar surface area (TPSA) is 17.1 Å². The van der Waals surface area contributed by atoms with Crippen LogP contribution in [0.5, 0.6) is 0 Å². The van der Waals surface area contributed by atoms with E-state index in [0.29, 0.717) is 17.6 Å². The number of hydrogen-bond donors (Lipinski definition) is 0. The third-order valence-corrected chi connectivity index (χ3v) is 4.33. The minimum atomic E-state index is -1.11. The molecule has 0 saturated carbocycles. The molecule has 0 N–H and O–H groups in total. The zero-order chi connectivity index (χ0) is 19.4. The molecular formula is C21H20F4O. The first-order valence-corrected chi connectivity index (χ1v) is 8.41. The van der Waals surface area contributed by atoms with Crippen molar-refractivity contribution in [2.45, 2.75) is 40.0 Å². The molecule has 2 aromatic rings. The van der Waals surface area contributed by atoms with Crippen LogP contribution in [-0.4, -0.2) is 5.78 Å². The predicted octanol–water partition coefficient (Wildman–Crippen LogP) is 6.38. The number of carbonyl (C=O) groups is 1. The maximum Gasteiger partial charge on any atom is 0.166 e. The van der Waals surface area contributed by atoms with Crippen LogP contribution < -0.4 is 0 Å². The SMILES string of the molecule is CCCC/C(=C\c1c(C)c(-c2ccc(F)c(F)c2)cc(F)c1F)C(C)=O. The van der Waals surface area contributed by atoms with Gasteiger partial charge in [0, 0.05) is 5.56 Å². The van der Waals surface area contributed by atoms with Gasteiger partial charge in [-0.3, -0.25) is 4.79 Å². The standard InChI is InChI=1S/C21H20F4O/c1-4-5-6-14(13(3)26)9-17-12(2)16(11-20(24)21(17)25)15-7-8-18(22)19(23)10-15/h7-11H,4-6H2,1-3H3/b14-9+. The molecule has 0 aliphatic carbocycles. The summed E-state index contributed by atoms with van der Waals surface area (Å²) >= 11 is 0. The van der Waals surface area contributed by atoms with Crippen molar-refractivity contribution in [2.75, 3.05) is 0 Å². The van der Waals surface area contributed by atoms with Gasteiger partial charge in [0.1, 0.15) is 0 Å². The minimum Gasteiger partial charge on any atom is -0.295 e. The van der Waals surface area contributed by atoms with Gasteiger partial charge in [0.15, 0.2) is 29.1 Å². The molecule has 0 bridgehead atoms. The van der Waals surface area contributed by atoms with Crippen molar-refractivity contribution >= 4 is 11.9 Å². The van der Waals surface area contributed by atoms with Gasteiger partial charge in [0.05, 0.1) is 0 Å². The highest BCUT2D eigenvalue weighted by Crippen LogP contribution is 2.32. The highest BCUT2D eigenvalue weighted by Gasteiger charge is 2.18. The largest absolute Gasteiger partial charge is 0.295 e. The first-order chi connectivity index (χ1) is 12.3. The summed E-state index contributed by atoms with van der Waals surface area (Å²) in [5.41, 5.74) is 1.17. The molecule has 26 heavy (non-hydrogen) atoms. The summed E-state index contributed by atoms with van der Waals surface area (Å²) in [6, 6.07) is 4.12. The van der Waals surface area contributed by atoms with Crippen molar-refractivity contribution in [1.82, 2.24) is 0 Å². The summed E-state index contributed by atoms with van der Waals surface area (Å²) in [7, 11) is 0. The van der Waals surface area contributed by atoms with Crippen LogP contribution in [0.15, 0.2) is 29.8 Å². The fourth-order valence-corrected chi connectivity index (χ4v) is 2.76. The highest BCUT2D eigenvalue weighted by molar-refractivity contribution is 5.98. The number of Topliss-reactive ketones (excluding diaryl/α,β-unsaturated/α-hetero) is 1. The Labute approximate surface area is 150 Å². The van der Waals surface area contributed by atoms with Crippen LogP contribution in [0.25, 0.3) is 17.2 Å². The van der Waals surface area contributed by atoms with Crippen LogP contribution in [0.1, 0.15) is 44.2 Å². The van der Waals surface area contributed by atoms with Gasteiger partial charge >= 0.3 is 0 Å². The lowest BCUT2D eigenvalue weighted by molar-refractivity contribution is -0.113. The smallest absolute Gasteiger partial charge is 0.166 e. The van der Waals surface area contributed by atoms with Crippen LogP contribution >= 0.6 is 0 Å². The van der Waals surface area contributed by atoms with Gasteiger partial charge in [-0.2, -0.15) is 0 Å². The molecule has 2 aromatic carbocycles. The van der Waals surface area contributed by atoms with Gasteiger partial charge in [-0.1, -0.05) is 19.4 Å². The number of halogens is 4. The Balaban J connectivity index is 2.65. The first kappa shape index (κ1) is 19.9. The maximum atomic E-state index is 14.4. The lowest BCUT2D eigenvalue weighted by atomic mass is 9.93. The predicted molar refractivity (Wildman–Crippen MR) is 94.6 cm³/mol. The van der Waals surface area contributed by atoms with Gasteiger partial charge in [-0.05, 0) is 73.2 Å². The fraction of sp³-hybridized carbons (Fsp3) is 0.286. The fourth-order valence-electron chi connectivity index (χ4n) is 2.76. The third-order valence-electron chi connectivity index (χ3n) is 4.33. The lowest BCUT2D eigenvalue weighted by Gasteiger charge is -2.13. The monoisotopic (exact) mass is 364 g/mol. The third kappa shape index (κ3) is 4.21. The van der Waals surface area contributed by atoms with E-state index in [0.717, 1.165) is 31.0 Å². The number of carbonyl (C=O) groups excluding carboxylic acids is 1. The average Bonchev–Trinajstić information content (AvgIpc) is 2.59. The van der Waals surface area contributed by atoms with E-state index in [1.54, 1.807) is 6.92 Å². The summed E-state index contributed by atoms with van der Waals surface area (Å²) in [4.78, 5) is 11.8. The maximum absolute atomic E-state index is 14.4. The van der Waals surface area contributed by atoms with Crippen LogP contribution in [-0.2, 0) is 4.79 Å². The molecular weight excluding hydrogens is 344 g/mol. The minimum absolute atomic E-state index is 0.0500. The van der Waals surface area contributed by atoms with E-state index < -0.39 is 23.3 Å². The molecule has 0 atom stereocenters. The molecule has 0 unspecified atom stereocenters.